The summed E-state index contributed by atoms with van der Waals surface area (Å²) in [7, 11) is 1.59. The van der Waals surface area contributed by atoms with Gasteiger partial charge in [0.2, 0.25) is 0 Å². The van der Waals surface area contributed by atoms with Crippen molar-refractivity contribution >= 4 is 57.0 Å². The second-order valence-electron chi connectivity index (χ2n) is 8.29. The molecule has 1 N–H and O–H groups in total. The second-order valence-corrected chi connectivity index (χ2v) is 9.94. The van der Waals surface area contributed by atoms with E-state index >= 15 is 0 Å². The highest BCUT2D eigenvalue weighted by atomic mass is 127. The number of aryl methyl sites for hydroxylation is 2. The third-order valence-corrected chi connectivity index (χ3v) is 6.89. The van der Waals surface area contributed by atoms with Crippen molar-refractivity contribution in [2.24, 2.45) is 7.05 Å². The first-order valence-electron chi connectivity index (χ1n) is 10.9. The van der Waals surface area contributed by atoms with Crippen LogP contribution in [0, 0.1) is 10.5 Å². The van der Waals surface area contributed by atoms with Crippen LogP contribution in [-0.2, 0) is 18.3 Å². The van der Waals surface area contributed by atoms with Gasteiger partial charge in [-0.3, -0.25) is 14.2 Å². The first-order chi connectivity index (χ1) is 17.1. The zero-order valence-electron chi connectivity index (χ0n) is 19.2. The maximum absolute atomic E-state index is 13.1. The molecule has 10 heteroatoms. The van der Waals surface area contributed by atoms with E-state index in [4.69, 9.17) is 11.6 Å². The van der Waals surface area contributed by atoms with Crippen LogP contribution < -0.4 is 21.7 Å². The van der Waals surface area contributed by atoms with Crippen LogP contribution in [-0.4, -0.2) is 27.1 Å². The highest BCUT2D eigenvalue weighted by Gasteiger charge is 2.19. The number of halogens is 2. The topological polar surface area (TPSA) is 113 Å². The van der Waals surface area contributed by atoms with Gasteiger partial charge in [-0.1, -0.05) is 35.9 Å². The molecular weight excluding hydrogens is 597 g/mol. The Kier molecular flexibility index (Phi) is 7.32. The molecule has 0 radical (unpaired) electrons. The van der Waals surface area contributed by atoms with Crippen LogP contribution in [0.15, 0.2) is 70.3 Å². The third-order valence-electron chi connectivity index (χ3n) is 5.90. The Balaban J connectivity index is 1.63. The van der Waals surface area contributed by atoms with Gasteiger partial charge in [0.1, 0.15) is 0 Å². The SMILES string of the molecule is Cc1cccc(Cl)c1C(=O)NC(Cc1ccc(-n2c(=O)c3cc(I)ccc3n(C)c2=O)cc1)C(=O)[O-]. The summed E-state index contributed by atoms with van der Waals surface area (Å²) >= 11 is 8.23. The summed E-state index contributed by atoms with van der Waals surface area (Å²) in [6.07, 6.45) is -0.0688. The molecule has 3 aromatic carbocycles. The van der Waals surface area contributed by atoms with E-state index < -0.39 is 29.2 Å². The molecule has 4 rings (SSSR count). The number of nitrogens with one attached hydrogen (secondary N) is 1. The number of aliphatic carboxylic acids is 1. The van der Waals surface area contributed by atoms with Crippen LogP contribution >= 0.6 is 34.2 Å². The van der Waals surface area contributed by atoms with Crippen molar-refractivity contribution in [3.63, 3.8) is 0 Å². The average Bonchev–Trinajstić information content (AvgIpc) is 2.83. The zero-order valence-corrected chi connectivity index (χ0v) is 22.2. The number of carbonyl (C=O) groups is 2. The number of carbonyl (C=O) groups excluding carboxylic acids is 2. The van der Waals surface area contributed by atoms with E-state index in [0.29, 0.717) is 27.7 Å². The molecule has 0 saturated heterocycles. The number of benzene rings is 3. The van der Waals surface area contributed by atoms with E-state index in [0.717, 1.165) is 8.14 Å². The summed E-state index contributed by atoms with van der Waals surface area (Å²) in [6, 6.07) is 15.2. The van der Waals surface area contributed by atoms with Gasteiger partial charge in [-0.05, 0) is 83.5 Å². The Hall–Kier alpha value is -3.44. The van der Waals surface area contributed by atoms with Crippen LogP contribution in [0.4, 0.5) is 0 Å². The van der Waals surface area contributed by atoms with Crippen LogP contribution in [0.25, 0.3) is 16.6 Å². The molecular formula is C26H20ClIN3O5-. The average molecular weight is 617 g/mol. The number of aromatic nitrogens is 2. The van der Waals surface area contributed by atoms with E-state index in [2.05, 4.69) is 27.9 Å². The number of carboxylic acid groups (broad SMARTS) is 1. The van der Waals surface area contributed by atoms with Crippen molar-refractivity contribution in [3.8, 4) is 5.69 Å². The summed E-state index contributed by atoms with van der Waals surface area (Å²) in [5.74, 6) is -2.07. The van der Waals surface area contributed by atoms with E-state index in [1.807, 2.05) is 6.07 Å². The molecule has 0 aliphatic rings. The molecule has 0 aliphatic carbocycles. The molecule has 0 saturated carbocycles. The minimum absolute atomic E-state index is 0.0688. The number of amides is 1. The predicted octanol–water partition coefficient (Wildman–Crippen LogP) is 2.35. The first-order valence-corrected chi connectivity index (χ1v) is 12.3. The van der Waals surface area contributed by atoms with E-state index in [1.165, 1.54) is 4.57 Å². The normalized spacial score (nSPS) is 11.9. The fourth-order valence-corrected chi connectivity index (χ4v) is 4.82. The van der Waals surface area contributed by atoms with E-state index in [9.17, 15) is 24.3 Å². The number of rotatable bonds is 6. The molecule has 1 unspecified atom stereocenters. The fourth-order valence-electron chi connectivity index (χ4n) is 4.02. The van der Waals surface area contributed by atoms with Crippen molar-refractivity contribution in [1.29, 1.82) is 0 Å². The molecule has 0 fully saturated rings. The van der Waals surface area contributed by atoms with Crippen LogP contribution in [0.5, 0.6) is 0 Å². The molecule has 36 heavy (non-hydrogen) atoms. The van der Waals surface area contributed by atoms with Crippen LogP contribution in [0.3, 0.4) is 0 Å². The Bertz CT molecular complexity index is 1610. The van der Waals surface area contributed by atoms with Crippen molar-refractivity contribution in [1.82, 2.24) is 14.5 Å². The van der Waals surface area contributed by atoms with Crippen molar-refractivity contribution in [3.05, 3.63) is 107 Å². The predicted molar refractivity (Wildman–Crippen MR) is 144 cm³/mol. The number of nitrogens with zero attached hydrogens (tertiary/aromatic N) is 2. The monoisotopic (exact) mass is 616 g/mol. The third kappa shape index (κ3) is 4.93. The highest BCUT2D eigenvalue weighted by Crippen LogP contribution is 2.20. The quantitative estimate of drug-likeness (QED) is 0.334. The molecule has 184 valence electrons. The lowest BCUT2D eigenvalue weighted by Gasteiger charge is -2.21. The van der Waals surface area contributed by atoms with Crippen molar-refractivity contribution in [2.45, 2.75) is 19.4 Å². The lowest BCUT2D eigenvalue weighted by atomic mass is 10.0. The van der Waals surface area contributed by atoms with Crippen molar-refractivity contribution in [2.75, 3.05) is 0 Å². The molecule has 1 heterocycles. The summed E-state index contributed by atoms with van der Waals surface area (Å²) in [6.45, 7) is 1.70. The van der Waals surface area contributed by atoms with Gasteiger partial charge >= 0.3 is 5.69 Å². The van der Waals surface area contributed by atoms with Gasteiger partial charge in [0, 0.05) is 10.6 Å². The van der Waals surface area contributed by atoms with Gasteiger partial charge < -0.3 is 15.2 Å². The molecule has 0 spiro atoms. The number of hydrogen-bond donors (Lipinski definition) is 1. The van der Waals surface area contributed by atoms with Crippen LogP contribution in [0.2, 0.25) is 5.02 Å². The Morgan fingerprint density at radius 3 is 2.42 bits per heavy atom. The second kappa shape index (κ2) is 10.3. The summed E-state index contributed by atoms with van der Waals surface area (Å²) in [5, 5.41) is 14.8. The molecule has 0 bridgehead atoms. The fraction of sp³-hybridized carbons (Fsp3) is 0.154. The Morgan fingerprint density at radius 1 is 1.08 bits per heavy atom. The van der Waals surface area contributed by atoms with Crippen molar-refractivity contribution < 1.29 is 14.7 Å². The van der Waals surface area contributed by atoms with Gasteiger partial charge in [0.05, 0.1) is 39.2 Å². The Morgan fingerprint density at radius 2 is 1.78 bits per heavy atom. The van der Waals surface area contributed by atoms with Crippen LogP contribution in [0.1, 0.15) is 21.5 Å². The molecule has 1 aromatic heterocycles. The molecule has 1 atom stereocenters. The lowest BCUT2D eigenvalue weighted by Crippen LogP contribution is -2.49. The summed E-state index contributed by atoms with van der Waals surface area (Å²) < 4.78 is 3.33. The van der Waals surface area contributed by atoms with E-state index in [1.54, 1.807) is 68.6 Å². The number of carboxylic acids is 1. The van der Waals surface area contributed by atoms with Gasteiger partial charge in [0.25, 0.3) is 11.5 Å². The Labute approximate surface area is 224 Å². The van der Waals surface area contributed by atoms with E-state index in [-0.39, 0.29) is 17.0 Å². The maximum Gasteiger partial charge on any atom is 0.335 e. The summed E-state index contributed by atoms with van der Waals surface area (Å²) in [4.78, 5) is 50.5. The first kappa shape index (κ1) is 25.6. The molecule has 4 aromatic rings. The van der Waals surface area contributed by atoms with Gasteiger partial charge in [-0.25, -0.2) is 9.36 Å². The number of fused-ring (bicyclic) bond motifs is 1. The number of hydrogen-bond acceptors (Lipinski definition) is 5. The van der Waals surface area contributed by atoms with Gasteiger partial charge in [0.15, 0.2) is 0 Å². The smallest absolute Gasteiger partial charge is 0.335 e. The largest absolute Gasteiger partial charge is 0.548 e. The lowest BCUT2D eigenvalue weighted by molar-refractivity contribution is -0.308. The van der Waals surface area contributed by atoms with Gasteiger partial charge in [-0.15, -0.1) is 0 Å². The molecule has 0 aliphatic heterocycles. The summed E-state index contributed by atoms with van der Waals surface area (Å²) in [5.41, 5.74) is 1.28. The minimum Gasteiger partial charge on any atom is -0.548 e. The molecule has 1 amide bonds. The highest BCUT2D eigenvalue weighted by molar-refractivity contribution is 14.1. The maximum atomic E-state index is 13.1. The standard InChI is InChI=1S/C26H21ClIN3O5/c1-14-4-3-5-19(27)22(14)23(32)29-20(25(34)35)12-15-6-9-17(10-7-15)31-24(33)18-13-16(28)8-11-21(18)30(2)26(31)36/h3-11,13,20H,12H2,1-2H3,(H,29,32)(H,34,35)/p-1. The zero-order chi connectivity index (χ0) is 26.1. The molecule has 8 nitrogen and oxygen atoms in total. The minimum atomic E-state index is -1.45. The van der Waals surface area contributed by atoms with Gasteiger partial charge in [-0.2, -0.15) is 0 Å².